The van der Waals surface area contributed by atoms with Crippen molar-refractivity contribution in [1.29, 1.82) is 0 Å². The first-order valence-corrected chi connectivity index (χ1v) is 8.59. The zero-order valence-electron chi connectivity index (χ0n) is 14.0. The van der Waals surface area contributed by atoms with Gasteiger partial charge in [-0.05, 0) is 17.2 Å². The van der Waals surface area contributed by atoms with Crippen molar-refractivity contribution in [1.82, 2.24) is 9.80 Å². The molecule has 1 saturated heterocycles. The lowest BCUT2D eigenvalue weighted by Crippen LogP contribution is -2.40. The Bertz CT molecular complexity index is 806. The van der Waals surface area contributed by atoms with Gasteiger partial charge >= 0.3 is 0 Å². The largest absolute Gasteiger partial charge is 0.339 e. The summed E-state index contributed by atoms with van der Waals surface area (Å²) in [6.07, 6.45) is 0. The minimum atomic E-state index is -0.0715. The molecule has 4 rings (SSSR count). The summed E-state index contributed by atoms with van der Waals surface area (Å²) in [5.41, 5.74) is 9.12. The Hall–Kier alpha value is -2.66. The Kier molecular flexibility index (Phi) is 4.01. The first-order valence-electron chi connectivity index (χ1n) is 8.59. The minimum absolute atomic E-state index is 0.0324. The molecule has 0 aliphatic carbocycles. The van der Waals surface area contributed by atoms with Crippen molar-refractivity contribution < 1.29 is 9.59 Å². The highest BCUT2D eigenvalue weighted by atomic mass is 16.2. The van der Waals surface area contributed by atoms with Gasteiger partial charge in [-0.3, -0.25) is 9.59 Å². The van der Waals surface area contributed by atoms with E-state index in [0.29, 0.717) is 25.2 Å². The average molecular weight is 335 g/mol. The van der Waals surface area contributed by atoms with Gasteiger partial charge in [0.25, 0.3) is 5.91 Å². The van der Waals surface area contributed by atoms with Crippen LogP contribution in [0, 0.1) is 0 Å². The standard InChI is InChI=1S/C20H21N3O2/c21-18-12-22(11-17(18)14-6-2-1-3-7-14)19(24)13-23-10-15-8-4-5-9-16(15)20(23)25/h1-9,17-18H,10-13,21H2/t17-,18+/m0/s1. The van der Waals surface area contributed by atoms with Crippen molar-refractivity contribution in [3.05, 3.63) is 71.3 Å². The van der Waals surface area contributed by atoms with E-state index in [2.05, 4.69) is 12.1 Å². The van der Waals surface area contributed by atoms with Crippen LogP contribution in [0.1, 0.15) is 27.4 Å². The smallest absolute Gasteiger partial charge is 0.254 e. The zero-order chi connectivity index (χ0) is 17.4. The first-order chi connectivity index (χ1) is 12.1. The van der Waals surface area contributed by atoms with E-state index in [1.807, 2.05) is 42.5 Å². The molecule has 0 radical (unpaired) electrons. The van der Waals surface area contributed by atoms with Crippen LogP contribution in [-0.4, -0.2) is 47.3 Å². The second kappa shape index (κ2) is 6.33. The first kappa shape index (κ1) is 15.8. The fourth-order valence-electron chi connectivity index (χ4n) is 3.79. The quantitative estimate of drug-likeness (QED) is 0.926. The number of carbonyl (C=O) groups is 2. The molecule has 25 heavy (non-hydrogen) atoms. The maximum atomic E-state index is 12.7. The molecular formula is C20H21N3O2. The summed E-state index contributed by atoms with van der Waals surface area (Å²) >= 11 is 0. The molecule has 2 N–H and O–H groups in total. The van der Waals surface area contributed by atoms with Crippen LogP contribution in [0.4, 0.5) is 0 Å². The zero-order valence-corrected chi connectivity index (χ0v) is 14.0. The van der Waals surface area contributed by atoms with Crippen LogP contribution in [0.2, 0.25) is 0 Å². The molecule has 0 aromatic heterocycles. The third kappa shape index (κ3) is 2.91. The number of benzene rings is 2. The monoisotopic (exact) mass is 335 g/mol. The molecule has 2 amide bonds. The summed E-state index contributed by atoms with van der Waals surface area (Å²) in [5.74, 6) is 0.0544. The highest BCUT2D eigenvalue weighted by Crippen LogP contribution is 2.27. The molecule has 2 aliphatic rings. The fourth-order valence-corrected chi connectivity index (χ4v) is 3.79. The normalized spacial score (nSPS) is 22.4. The molecular weight excluding hydrogens is 314 g/mol. The lowest BCUT2D eigenvalue weighted by molar-refractivity contribution is -0.131. The molecule has 2 atom stereocenters. The van der Waals surface area contributed by atoms with Crippen molar-refractivity contribution in [2.75, 3.05) is 19.6 Å². The molecule has 2 aliphatic heterocycles. The third-order valence-corrected chi connectivity index (χ3v) is 5.17. The number of likely N-dealkylation sites (tertiary alicyclic amines) is 1. The van der Waals surface area contributed by atoms with E-state index in [4.69, 9.17) is 5.73 Å². The van der Waals surface area contributed by atoms with Gasteiger partial charge in [-0.15, -0.1) is 0 Å². The van der Waals surface area contributed by atoms with Crippen molar-refractivity contribution in [3.8, 4) is 0 Å². The van der Waals surface area contributed by atoms with Crippen LogP contribution in [0.25, 0.3) is 0 Å². The number of fused-ring (bicyclic) bond motifs is 1. The van der Waals surface area contributed by atoms with Crippen molar-refractivity contribution in [2.45, 2.75) is 18.5 Å². The molecule has 2 aromatic rings. The molecule has 2 heterocycles. The van der Waals surface area contributed by atoms with Gasteiger partial charge in [-0.25, -0.2) is 0 Å². The lowest BCUT2D eigenvalue weighted by Gasteiger charge is -2.21. The van der Waals surface area contributed by atoms with E-state index in [-0.39, 0.29) is 30.3 Å². The van der Waals surface area contributed by atoms with Crippen LogP contribution in [0.3, 0.4) is 0 Å². The molecule has 0 unspecified atom stereocenters. The van der Waals surface area contributed by atoms with Crippen LogP contribution < -0.4 is 5.73 Å². The summed E-state index contributed by atoms with van der Waals surface area (Å²) in [6, 6.07) is 17.5. The van der Waals surface area contributed by atoms with Crippen molar-refractivity contribution >= 4 is 11.8 Å². The van der Waals surface area contributed by atoms with Gasteiger partial charge in [0.15, 0.2) is 0 Å². The van der Waals surface area contributed by atoms with E-state index in [1.54, 1.807) is 9.80 Å². The predicted molar refractivity (Wildman–Crippen MR) is 94.9 cm³/mol. The Morgan fingerprint density at radius 2 is 1.76 bits per heavy atom. The van der Waals surface area contributed by atoms with Gasteiger partial charge in [0.2, 0.25) is 5.91 Å². The number of hydrogen-bond donors (Lipinski definition) is 1. The molecule has 2 aromatic carbocycles. The summed E-state index contributed by atoms with van der Waals surface area (Å²) in [5, 5.41) is 0. The van der Waals surface area contributed by atoms with Gasteiger partial charge in [0.05, 0.1) is 0 Å². The second-order valence-electron chi connectivity index (χ2n) is 6.80. The molecule has 0 bridgehead atoms. The number of nitrogens with zero attached hydrogens (tertiary/aromatic N) is 2. The lowest BCUT2D eigenvalue weighted by atomic mass is 9.95. The Labute approximate surface area is 147 Å². The van der Waals surface area contributed by atoms with Gasteiger partial charge in [0, 0.05) is 37.2 Å². The van der Waals surface area contributed by atoms with Crippen LogP contribution in [0.15, 0.2) is 54.6 Å². The third-order valence-electron chi connectivity index (χ3n) is 5.17. The predicted octanol–water partition coefficient (Wildman–Crippen LogP) is 1.60. The van der Waals surface area contributed by atoms with Crippen LogP contribution in [0.5, 0.6) is 0 Å². The molecule has 1 fully saturated rings. The van der Waals surface area contributed by atoms with E-state index in [0.717, 1.165) is 11.1 Å². The van der Waals surface area contributed by atoms with E-state index >= 15 is 0 Å². The number of amides is 2. The molecule has 5 heteroatoms. The maximum Gasteiger partial charge on any atom is 0.254 e. The SMILES string of the molecule is N[C@@H]1CN(C(=O)CN2Cc3ccccc3C2=O)C[C@H]1c1ccccc1. The summed E-state index contributed by atoms with van der Waals surface area (Å²) in [6.45, 7) is 1.76. The van der Waals surface area contributed by atoms with Gasteiger partial charge in [-0.1, -0.05) is 48.5 Å². The minimum Gasteiger partial charge on any atom is -0.339 e. The second-order valence-corrected chi connectivity index (χ2v) is 6.80. The summed E-state index contributed by atoms with van der Waals surface area (Å²) < 4.78 is 0. The summed E-state index contributed by atoms with van der Waals surface area (Å²) in [4.78, 5) is 28.5. The van der Waals surface area contributed by atoms with Crippen LogP contribution in [-0.2, 0) is 11.3 Å². The van der Waals surface area contributed by atoms with E-state index in [9.17, 15) is 9.59 Å². The van der Waals surface area contributed by atoms with Crippen molar-refractivity contribution in [2.24, 2.45) is 5.73 Å². The molecule has 0 spiro atoms. The topological polar surface area (TPSA) is 66.6 Å². The number of hydrogen-bond acceptors (Lipinski definition) is 3. The molecule has 0 saturated carbocycles. The highest BCUT2D eigenvalue weighted by molar-refractivity contribution is 6.00. The van der Waals surface area contributed by atoms with Crippen LogP contribution >= 0.6 is 0 Å². The number of nitrogens with two attached hydrogens (primary N) is 1. The fraction of sp³-hybridized carbons (Fsp3) is 0.300. The van der Waals surface area contributed by atoms with Gasteiger partial charge in [-0.2, -0.15) is 0 Å². The Morgan fingerprint density at radius 3 is 2.52 bits per heavy atom. The maximum absolute atomic E-state index is 12.7. The van der Waals surface area contributed by atoms with E-state index in [1.165, 1.54) is 0 Å². The molecule has 5 nitrogen and oxygen atoms in total. The number of carbonyl (C=O) groups excluding carboxylic acids is 2. The summed E-state index contributed by atoms with van der Waals surface area (Å²) in [7, 11) is 0. The van der Waals surface area contributed by atoms with Gasteiger partial charge in [0.1, 0.15) is 6.54 Å². The molecule has 128 valence electrons. The Balaban J connectivity index is 1.42. The van der Waals surface area contributed by atoms with Gasteiger partial charge < -0.3 is 15.5 Å². The van der Waals surface area contributed by atoms with Crippen molar-refractivity contribution in [3.63, 3.8) is 0 Å². The average Bonchev–Trinajstić information content (AvgIpc) is 3.17. The highest BCUT2D eigenvalue weighted by Gasteiger charge is 2.36. The number of rotatable bonds is 3. The van der Waals surface area contributed by atoms with E-state index < -0.39 is 0 Å². The Morgan fingerprint density at radius 1 is 1.04 bits per heavy atom.